The van der Waals surface area contributed by atoms with Crippen molar-refractivity contribution in [3.05, 3.63) is 35.4 Å². The van der Waals surface area contributed by atoms with Gasteiger partial charge in [-0.05, 0) is 53.4 Å². The van der Waals surface area contributed by atoms with E-state index in [0.29, 0.717) is 11.5 Å². The lowest BCUT2D eigenvalue weighted by Crippen LogP contribution is -2.34. The first kappa shape index (κ1) is 12.6. The van der Waals surface area contributed by atoms with Crippen LogP contribution in [0.2, 0.25) is 0 Å². The summed E-state index contributed by atoms with van der Waals surface area (Å²) < 4.78 is 0. The smallest absolute Gasteiger partial charge is 0.0377 e. The molecule has 0 saturated carbocycles. The zero-order chi connectivity index (χ0) is 12.6. The number of benzene rings is 1. The highest BCUT2D eigenvalue weighted by molar-refractivity contribution is 7.99. The molecule has 3 rings (SSSR count). The quantitative estimate of drug-likeness (QED) is 0.891. The summed E-state index contributed by atoms with van der Waals surface area (Å²) in [4.78, 5) is 0. The van der Waals surface area contributed by atoms with E-state index >= 15 is 0 Å². The molecule has 1 N–H and O–H groups in total. The first-order chi connectivity index (χ1) is 8.67. The van der Waals surface area contributed by atoms with Gasteiger partial charge >= 0.3 is 0 Å². The SMILES string of the molecule is CC1(C)Cc2ccccc2C1NCC1CCSC1. The molecule has 1 aromatic carbocycles. The van der Waals surface area contributed by atoms with Crippen molar-refractivity contribution in [1.82, 2.24) is 5.32 Å². The summed E-state index contributed by atoms with van der Waals surface area (Å²) in [7, 11) is 0. The molecule has 0 radical (unpaired) electrons. The van der Waals surface area contributed by atoms with E-state index in [1.807, 2.05) is 0 Å². The van der Waals surface area contributed by atoms with Gasteiger partial charge in [0.15, 0.2) is 0 Å². The molecule has 0 aromatic heterocycles. The Morgan fingerprint density at radius 1 is 1.33 bits per heavy atom. The minimum Gasteiger partial charge on any atom is -0.309 e. The van der Waals surface area contributed by atoms with Crippen molar-refractivity contribution in [2.24, 2.45) is 11.3 Å². The topological polar surface area (TPSA) is 12.0 Å². The normalized spacial score (nSPS) is 29.4. The second-order valence-electron chi connectivity index (χ2n) is 6.44. The minimum atomic E-state index is 0.357. The molecule has 1 heterocycles. The molecule has 0 bridgehead atoms. The molecule has 1 saturated heterocycles. The Morgan fingerprint density at radius 3 is 2.94 bits per heavy atom. The van der Waals surface area contributed by atoms with Gasteiger partial charge in [0, 0.05) is 6.04 Å². The fourth-order valence-electron chi connectivity index (χ4n) is 3.41. The lowest BCUT2D eigenvalue weighted by atomic mass is 9.85. The second-order valence-corrected chi connectivity index (χ2v) is 7.58. The van der Waals surface area contributed by atoms with E-state index in [0.717, 1.165) is 5.92 Å². The average Bonchev–Trinajstić information content (AvgIpc) is 2.91. The van der Waals surface area contributed by atoms with Crippen LogP contribution in [0.3, 0.4) is 0 Å². The lowest BCUT2D eigenvalue weighted by Gasteiger charge is -2.29. The molecule has 1 aliphatic carbocycles. The van der Waals surface area contributed by atoms with Gasteiger partial charge in [-0.15, -0.1) is 0 Å². The van der Waals surface area contributed by atoms with Crippen molar-refractivity contribution in [1.29, 1.82) is 0 Å². The molecule has 2 aliphatic rings. The maximum atomic E-state index is 3.86. The van der Waals surface area contributed by atoms with Crippen molar-refractivity contribution in [3.8, 4) is 0 Å². The van der Waals surface area contributed by atoms with E-state index in [-0.39, 0.29) is 0 Å². The summed E-state index contributed by atoms with van der Waals surface area (Å²) >= 11 is 2.11. The first-order valence-electron chi connectivity index (χ1n) is 7.06. The van der Waals surface area contributed by atoms with E-state index in [4.69, 9.17) is 0 Å². The van der Waals surface area contributed by atoms with Crippen molar-refractivity contribution >= 4 is 11.8 Å². The van der Waals surface area contributed by atoms with E-state index in [1.54, 1.807) is 5.56 Å². The van der Waals surface area contributed by atoms with Crippen LogP contribution < -0.4 is 5.32 Å². The van der Waals surface area contributed by atoms with Crippen LogP contribution in [0.4, 0.5) is 0 Å². The van der Waals surface area contributed by atoms with E-state index < -0.39 is 0 Å². The maximum Gasteiger partial charge on any atom is 0.0377 e. The van der Waals surface area contributed by atoms with Crippen LogP contribution in [0, 0.1) is 11.3 Å². The van der Waals surface area contributed by atoms with Crippen LogP contribution in [0.5, 0.6) is 0 Å². The highest BCUT2D eigenvalue weighted by Gasteiger charge is 2.38. The molecular weight excluding hydrogens is 238 g/mol. The molecule has 1 aromatic rings. The third kappa shape index (κ3) is 2.33. The molecule has 0 amide bonds. The van der Waals surface area contributed by atoms with Gasteiger partial charge < -0.3 is 5.32 Å². The van der Waals surface area contributed by atoms with Gasteiger partial charge in [-0.3, -0.25) is 0 Å². The maximum absolute atomic E-state index is 3.86. The van der Waals surface area contributed by atoms with Gasteiger partial charge in [-0.2, -0.15) is 11.8 Å². The molecule has 0 spiro atoms. The highest BCUT2D eigenvalue weighted by Crippen LogP contribution is 2.45. The Bertz CT molecular complexity index is 421. The van der Waals surface area contributed by atoms with Crippen LogP contribution in [0.1, 0.15) is 37.4 Å². The summed E-state index contributed by atoms with van der Waals surface area (Å²) in [6.07, 6.45) is 2.60. The highest BCUT2D eigenvalue weighted by atomic mass is 32.2. The predicted molar refractivity (Wildman–Crippen MR) is 80.1 cm³/mol. The molecule has 2 atom stereocenters. The molecule has 2 unspecified atom stereocenters. The van der Waals surface area contributed by atoms with Gasteiger partial charge in [-0.1, -0.05) is 38.1 Å². The predicted octanol–water partition coefficient (Wildman–Crippen LogP) is 3.65. The van der Waals surface area contributed by atoms with Crippen LogP contribution >= 0.6 is 11.8 Å². The van der Waals surface area contributed by atoms with Gasteiger partial charge in [0.1, 0.15) is 0 Å². The third-order valence-corrected chi connectivity index (χ3v) is 5.66. The first-order valence-corrected chi connectivity index (χ1v) is 8.21. The Hall–Kier alpha value is -0.470. The average molecular weight is 261 g/mol. The van der Waals surface area contributed by atoms with Gasteiger partial charge in [0.25, 0.3) is 0 Å². The number of rotatable bonds is 3. The van der Waals surface area contributed by atoms with Crippen LogP contribution in [-0.4, -0.2) is 18.1 Å². The van der Waals surface area contributed by atoms with Crippen molar-refractivity contribution in [2.75, 3.05) is 18.1 Å². The minimum absolute atomic E-state index is 0.357. The molecule has 1 aliphatic heterocycles. The summed E-state index contributed by atoms with van der Waals surface area (Å²) in [5.74, 6) is 3.59. The number of fused-ring (bicyclic) bond motifs is 1. The summed E-state index contributed by atoms with van der Waals surface area (Å²) in [6, 6.07) is 9.50. The van der Waals surface area contributed by atoms with Gasteiger partial charge in [0.05, 0.1) is 0 Å². The summed E-state index contributed by atoms with van der Waals surface area (Å²) in [6.45, 7) is 5.98. The Morgan fingerprint density at radius 2 is 2.17 bits per heavy atom. The van der Waals surface area contributed by atoms with Gasteiger partial charge in [-0.25, -0.2) is 0 Å². The zero-order valence-electron chi connectivity index (χ0n) is 11.4. The van der Waals surface area contributed by atoms with Crippen LogP contribution in [-0.2, 0) is 6.42 Å². The Labute approximate surface area is 115 Å². The summed E-state index contributed by atoms with van der Waals surface area (Å²) in [5, 5.41) is 3.86. The number of hydrogen-bond donors (Lipinski definition) is 1. The fraction of sp³-hybridized carbons (Fsp3) is 0.625. The molecular formula is C16H23NS. The molecule has 1 nitrogen and oxygen atoms in total. The van der Waals surface area contributed by atoms with Crippen LogP contribution in [0.25, 0.3) is 0 Å². The monoisotopic (exact) mass is 261 g/mol. The Kier molecular flexibility index (Phi) is 3.42. The summed E-state index contributed by atoms with van der Waals surface area (Å²) in [5.41, 5.74) is 3.43. The fourth-order valence-corrected chi connectivity index (χ4v) is 4.69. The van der Waals surface area contributed by atoms with Crippen molar-refractivity contribution in [2.45, 2.75) is 32.7 Å². The molecule has 1 fully saturated rings. The van der Waals surface area contributed by atoms with E-state index in [2.05, 4.69) is 55.2 Å². The molecule has 18 heavy (non-hydrogen) atoms. The van der Waals surface area contributed by atoms with Gasteiger partial charge in [0.2, 0.25) is 0 Å². The lowest BCUT2D eigenvalue weighted by molar-refractivity contribution is 0.260. The van der Waals surface area contributed by atoms with Crippen molar-refractivity contribution < 1.29 is 0 Å². The molecule has 98 valence electrons. The van der Waals surface area contributed by atoms with E-state index in [9.17, 15) is 0 Å². The third-order valence-electron chi connectivity index (χ3n) is 4.43. The Balaban J connectivity index is 1.73. The number of thioether (sulfide) groups is 1. The number of hydrogen-bond acceptors (Lipinski definition) is 2. The largest absolute Gasteiger partial charge is 0.309 e. The number of nitrogens with one attached hydrogen (secondary N) is 1. The van der Waals surface area contributed by atoms with Crippen molar-refractivity contribution in [3.63, 3.8) is 0 Å². The van der Waals surface area contributed by atoms with Crippen LogP contribution in [0.15, 0.2) is 24.3 Å². The second kappa shape index (κ2) is 4.90. The van der Waals surface area contributed by atoms with E-state index in [1.165, 1.54) is 36.5 Å². The standard InChI is InChI=1S/C16H23NS/c1-16(2)9-13-5-3-4-6-14(13)15(16)17-10-12-7-8-18-11-12/h3-6,12,15,17H,7-11H2,1-2H3. The molecule has 2 heteroatoms. The zero-order valence-corrected chi connectivity index (χ0v) is 12.2.